The Balaban J connectivity index is 1.60. The molecule has 1 aromatic heterocycles. The van der Waals surface area contributed by atoms with Crippen LogP contribution in [-0.2, 0) is 20.4 Å². The molecule has 1 aromatic carbocycles. The summed E-state index contributed by atoms with van der Waals surface area (Å²) in [6.45, 7) is 6.19. The van der Waals surface area contributed by atoms with Crippen LogP contribution in [0.4, 0.5) is 18.9 Å². The summed E-state index contributed by atoms with van der Waals surface area (Å²) in [6.07, 6.45) is -4.80. The van der Waals surface area contributed by atoms with Crippen molar-refractivity contribution in [1.82, 2.24) is 9.21 Å². The highest BCUT2D eigenvalue weighted by molar-refractivity contribution is 7.91. The second kappa shape index (κ2) is 9.98. The van der Waals surface area contributed by atoms with E-state index in [1.807, 2.05) is 0 Å². The molecule has 0 saturated carbocycles. The van der Waals surface area contributed by atoms with E-state index in [1.54, 1.807) is 29.6 Å². The van der Waals surface area contributed by atoms with Crippen LogP contribution in [-0.4, -0.2) is 86.9 Å². The number of halogens is 3. The van der Waals surface area contributed by atoms with Crippen molar-refractivity contribution in [3.8, 4) is 0 Å². The number of nitrogens with zero attached hydrogens (tertiary/aromatic N) is 3. The summed E-state index contributed by atoms with van der Waals surface area (Å²) in [5.74, 6) is 0. The van der Waals surface area contributed by atoms with Gasteiger partial charge in [0.1, 0.15) is 4.21 Å². The van der Waals surface area contributed by atoms with Gasteiger partial charge in [-0.1, -0.05) is 18.2 Å². The lowest BCUT2D eigenvalue weighted by atomic mass is 9.95. The molecule has 3 heterocycles. The maximum absolute atomic E-state index is 13.3. The molecule has 0 amide bonds. The van der Waals surface area contributed by atoms with Crippen molar-refractivity contribution in [2.75, 3.05) is 50.8 Å². The van der Waals surface area contributed by atoms with Gasteiger partial charge in [-0.3, -0.25) is 4.90 Å². The zero-order valence-corrected chi connectivity index (χ0v) is 21.2. The molecule has 0 aliphatic carbocycles. The van der Waals surface area contributed by atoms with E-state index in [-0.39, 0.29) is 30.7 Å². The van der Waals surface area contributed by atoms with E-state index in [0.29, 0.717) is 36.2 Å². The first kappa shape index (κ1) is 26.4. The zero-order chi connectivity index (χ0) is 25.4. The Morgan fingerprint density at radius 3 is 2.46 bits per heavy atom. The summed E-state index contributed by atoms with van der Waals surface area (Å²) in [4.78, 5) is 4.31. The first-order valence-electron chi connectivity index (χ1n) is 11.4. The Labute approximate surface area is 207 Å². The van der Waals surface area contributed by atoms with Crippen LogP contribution in [0.3, 0.4) is 0 Å². The second-order valence-corrected chi connectivity index (χ2v) is 12.3. The van der Waals surface area contributed by atoms with Gasteiger partial charge in [-0.2, -0.15) is 17.5 Å². The molecular formula is C23H30F3N3O4S2. The number of hydrogen-bond acceptors (Lipinski definition) is 7. The van der Waals surface area contributed by atoms with E-state index in [9.17, 15) is 26.7 Å². The minimum atomic E-state index is -4.80. The number of sulfonamides is 1. The van der Waals surface area contributed by atoms with Gasteiger partial charge >= 0.3 is 6.18 Å². The number of thiophene rings is 1. The van der Waals surface area contributed by atoms with Crippen LogP contribution in [0.15, 0.2) is 46.0 Å². The van der Waals surface area contributed by atoms with E-state index in [0.717, 1.165) is 13.5 Å². The number of benzene rings is 1. The van der Waals surface area contributed by atoms with Crippen LogP contribution in [0.25, 0.3) is 0 Å². The highest BCUT2D eigenvalue weighted by Gasteiger charge is 2.51. The van der Waals surface area contributed by atoms with Crippen LogP contribution in [0, 0.1) is 0 Å². The van der Waals surface area contributed by atoms with Crippen LogP contribution >= 0.6 is 11.3 Å². The van der Waals surface area contributed by atoms with Crippen molar-refractivity contribution in [2.24, 2.45) is 0 Å². The minimum absolute atomic E-state index is 0.166. The van der Waals surface area contributed by atoms with Gasteiger partial charge in [0.15, 0.2) is 5.60 Å². The first-order valence-corrected chi connectivity index (χ1v) is 13.7. The Morgan fingerprint density at radius 2 is 1.86 bits per heavy atom. The monoisotopic (exact) mass is 533 g/mol. The van der Waals surface area contributed by atoms with E-state index in [1.165, 1.54) is 27.8 Å². The van der Waals surface area contributed by atoms with E-state index in [4.69, 9.17) is 4.74 Å². The average Bonchev–Trinajstić information content (AvgIpc) is 3.36. The van der Waals surface area contributed by atoms with Crippen LogP contribution in [0.2, 0.25) is 0 Å². The lowest BCUT2D eigenvalue weighted by molar-refractivity contribution is -0.258. The molecule has 2 saturated heterocycles. The summed E-state index contributed by atoms with van der Waals surface area (Å²) < 4.78 is 73.5. The maximum Gasteiger partial charge on any atom is 0.421 e. The largest absolute Gasteiger partial charge is 0.421 e. The Kier molecular flexibility index (Phi) is 7.52. The van der Waals surface area contributed by atoms with Crippen molar-refractivity contribution in [1.29, 1.82) is 0 Å². The highest BCUT2D eigenvalue weighted by Crippen LogP contribution is 2.39. The Hall–Kier alpha value is -1.70. The smallest absolute Gasteiger partial charge is 0.379 e. The molecule has 0 spiro atoms. The van der Waals surface area contributed by atoms with Crippen molar-refractivity contribution in [2.45, 2.75) is 41.9 Å². The first-order chi connectivity index (χ1) is 16.4. The molecule has 2 aliphatic heterocycles. The summed E-state index contributed by atoms with van der Waals surface area (Å²) in [6, 6.07) is 8.95. The molecule has 3 atom stereocenters. The molecule has 2 unspecified atom stereocenters. The molecule has 35 heavy (non-hydrogen) atoms. The molecule has 0 bridgehead atoms. The van der Waals surface area contributed by atoms with E-state index >= 15 is 0 Å². The van der Waals surface area contributed by atoms with Gasteiger partial charge in [-0.25, -0.2) is 8.42 Å². The normalized spacial score (nSPS) is 24.9. The lowest BCUT2D eigenvalue weighted by Crippen LogP contribution is -2.60. The van der Waals surface area contributed by atoms with Gasteiger partial charge in [0.2, 0.25) is 0 Å². The summed E-state index contributed by atoms with van der Waals surface area (Å²) in [7, 11) is -3.63. The average molecular weight is 534 g/mol. The van der Waals surface area contributed by atoms with E-state index in [2.05, 4.69) is 16.7 Å². The van der Waals surface area contributed by atoms with Gasteiger partial charge in [0.25, 0.3) is 10.0 Å². The third-order valence-corrected chi connectivity index (χ3v) is 10.0. The summed E-state index contributed by atoms with van der Waals surface area (Å²) in [5.41, 5.74) is -2.52. The molecule has 1 N–H and O–H groups in total. The number of morpholine rings is 1. The lowest BCUT2D eigenvalue weighted by Gasteiger charge is -2.45. The third kappa shape index (κ3) is 5.37. The van der Waals surface area contributed by atoms with Crippen molar-refractivity contribution in [3.63, 3.8) is 0 Å². The van der Waals surface area contributed by atoms with Crippen molar-refractivity contribution < 1.29 is 31.4 Å². The number of hydrogen-bond donors (Lipinski definition) is 1. The van der Waals surface area contributed by atoms with Crippen molar-refractivity contribution >= 4 is 27.0 Å². The van der Waals surface area contributed by atoms with Gasteiger partial charge in [0, 0.05) is 44.5 Å². The fourth-order valence-electron chi connectivity index (χ4n) is 4.52. The highest BCUT2D eigenvalue weighted by atomic mass is 32.2. The summed E-state index contributed by atoms with van der Waals surface area (Å²) in [5, 5.41) is 11.7. The molecule has 2 aliphatic rings. The van der Waals surface area contributed by atoms with Crippen LogP contribution in [0.1, 0.15) is 19.4 Å². The van der Waals surface area contributed by atoms with Crippen molar-refractivity contribution in [3.05, 3.63) is 47.3 Å². The van der Waals surface area contributed by atoms with Gasteiger partial charge in [-0.15, -0.1) is 11.3 Å². The SMILES string of the molecule is C[C@H]1COCCN1CC1CN(S(=O)(=O)c2cccs2)CCN1c1ccc(C(C)(O)C(F)(F)F)cc1. The molecule has 194 valence electrons. The number of anilines is 1. The Morgan fingerprint density at radius 1 is 1.14 bits per heavy atom. The minimum Gasteiger partial charge on any atom is -0.379 e. The molecule has 2 aromatic rings. The van der Waals surface area contributed by atoms with Crippen LogP contribution < -0.4 is 4.90 Å². The number of alkyl halides is 3. The topological polar surface area (TPSA) is 73.3 Å². The van der Waals surface area contributed by atoms with Gasteiger partial charge < -0.3 is 14.7 Å². The fraction of sp³-hybridized carbons (Fsp3) is 0.565. The molecule has 2 fully saturated rings. The second-order valence-electron chi connectivity index (χ2n) is 9.18. The number of rotatable bonds is 6. The van der Waals surface area contributed by atoms with Gasteiger partial charge in [0.05, 0.1) is 19.3 Å². The maximum atomic E-state index is 13.3. The standard InChI is InChI=1S/C23H30F3N3O4S2/c1-17-16-33-12-11-27(17)14-20-15-28(35(31,32)21-4-3-13-34-21)9-10-29(20)19-7-5-18(6-8-19)22(2,30)23(24,25)26/h3-8,13,17,20,30H,9-12,14-16H2,1-2H3/t17-,20?,22?/m0/s1. The number of ether oxygens (including phenoxy) is 1. The molecule has 4 rings (SSSR count). The quantitative estimate of drug-likeness (QED) is 0.615. The van der Waals surface area contributed by atoms with Crippen LogP contribution in [0.5, 0.6) is 0 Å². The Bertz CT molecular complexity index is 1090. The van der Waals surface area contributed by atoms with Gasteiger partial charge in [-0.05, 0) is 43.0 Å². The fourth-order valence-corrected chi connectivity index (χ4v) is 7.14. The molecule has 12 heteroatoms. The number of aliphatic hydroxyl groups is 1. The predicted octanol–water partition coefficient (Wildman–Crippen LogP) is 3.12. The van der Waals surface area contributed by atoms with E-state index < -0.39 is 21.8 Å². The third-order valence-electron chi connectivity index (χ3n) is 6.80. The zero-order valence-electron chi connectivity index (χ0n) is 19.6. The molecular weight excluding hydrogens is 503 g/mol. The predicted molar refractivity (Wildman–Crippen MR) is 128 cm³/mol. The number of piperazine rings is 1. The summed E-state index contributed by atoms with van der Waals surface area (Å²) >= 11 is 1.18. The molecule has 7 nitrogen and oxygen atoms in total. The molecule has 0 radical (unpaired) electrons.